The fourth-order valence-electron chi connectivity index (χ4n) is 3.34. The average molecular weight is 394 g/mol. The highest BCUT2D eigenvalue weighted by molar-refractivity contribution is 7.89. The number of sulfonamides is 1. The molecule has 3 rings (SSSR count). The van der Waals surface area contributed by atoms with E-state index in [1.54, 1.807) is 29.2 Å². The average Bonchev–Trinajstić information content (AvgIpc) is 3.08. The fourth-order valence-corrected chi connectivity index (χ4v) is 5.06. The third-order valence-electron chi connectivity index (χ3n) is 4.85. The zero-order chi connectivity index (χ0) is 19.4. The van der Waals surface area contributed by atoms with Crippen molar-refractivity contribution in [3.8, 4) is 11.5 Å². The largest absolute Gasteiger partial charge is 0.497 e. The molecule has 0 bridgehead atoms. The molecule has 1 aromatic heterocycles. The van der Waals surface area contributed by atoms with Crippen molar-refractivity contribution < 1.29 is 17.9 Å². The number of hydrogen-bond donors (Lipinski definition) is 0. The monoisotopic (exact) mass is 393 g/mol. The van der Waals surface area contributed by atoms with Crippen molar-refractivity contribution in [3.63, 3.8) is 0 Å². The van der Waals surface area contributed by atoms with Crippen LogP contribution in [0.15, 0.2) is 35.4 Å². The first-order chi connectivity index (χ1) is 12.9. The molecular weight excluding hydrogens is 366 g/mol. The number of hydrogen-bond acceptors (Lipinski definition) is 5. The van der Waals surface area contributed by atoms with Crippen molar-refractivity contribution in [2.24, 2.45) is 5.92 Å². The standard InChI is InChI=1S/C19H27N3O4S/c1-4-21-13-19(15(2)20-21)27(23,24)22-10-6-7-16(12-22)14-26-18-9-5-8-17(11-18)25-3/h5,8-9,11,13,16H,4,6-7,10,12,14H2,1-3H3/t16-/m1/s1. The van der Waals surface area contributed by atoms with Gasteiger partial charge in [-0.05, 0) is 38.8 Å². The molecule has 27 heavy (non-hydrogen) atoms. The Balaban J connectivity index is 1.67. The molecule has 8 heteroatoms. The van der Waals surface area contributed by atoms with Crippen LogP contribution < -0.4 is 9.47 Å². The Kier molecular flexibility index (Phi) is 6.06. The van der Waals surface area contributed by atoms with E-state index in [4.69, 9.17) is 9.47 Å². The third kappa shape index (κ3) is 4.44. The molecule has 1 fully saturated rings. The van der Waals surface area contributed by atoms with Crippen LogP contribution >= 0.6 is 0 Å². The third-order valence-corrected chi connectivity index (χ3v) is 6.82. The topological polar surface area (TPSA) is 73.7 Å². The van der Waals surface area contributed by atoms with Gasteiger partial charge in [-0.2, -0.15) is 9.40 Å². The molecule has 2 heterocycles. The van der Waals surface area contributed by atoms with Gasteiger partial charge in [0.1, 0.15) is 16.4 Å². The van der Waals surface area contributed by atoms with Crippen LogP contribution in [0, 0.1) is 12.8 Å². The van der Waals surface area contributed by atoms with Crippen molar-refractivity contribution in [2.75, 3.05) is 26.8 Å². The first-order valence-corrected chi connectivity index (χ1v) is 10.7. The first-order valence-electron chi connectivity index (χ1n) is 9.25. The lowest BCUT2D eigenvalue weighted by Gasteiger charge is -2.31. The minimum Gasteiger partial charge on any atom is -0.497 e. The minimum atomic E-state index is -3.53. The van der Waals surface area contributed by atoms with Gasteiger partial charge in [-0.15, -0.1) is 0 Å². The number of methoxy groups -OCH3 is 1. The van der Waals surface area contributed by atoms with E-state index in [0.29, 0.717) is 36.8 Å². The van der Waals surface area contributed by atoms with Gasteiger partial charge in [-0.25, -0.2) is 8.42 Å². The Morgan fingerprint density at radius 3 is 2.78 bits per heavy atom. The summed E-state index contributed by atoms with van der Waals surface area (Å²) >= 11 is 0. The van der Waals surface area contributed by atoms with Crippen LogP contribution in [-0.2, 0) is 16.6 Å². The van der Waals surface area contributed by atoms with Crippen molar-refractivity contribution in [1.82, 2.24) is 14.1 Å². The summed E-state index contributed by atoms with van der Waals surface area (Å²) < 4.78 is 40.4. The van der Waals surface area contributed by atoms with E-state index in [0.717, 1.165) is 24.3 Å². The summed E-state index contributed by atoms with van der Waals surface area (Å²) in [6.07, 6.45) is 3.40. The second-order valence-electron chi connectivity index (χ2n) is 6.80. The summed E-state index contributed by atoms with van der Waals surface area (Å²) in [5, 5.41) is 4.28. The van der Waals surface area contributed by atoms with Crippen LogP contribution in [0.5, 0.6) is 11.5 Å². The second-order valence-corrected chi connectivity index (χ2v) is 8.70. The van der Waals surface area contributed by atoms with Crippen LogP contribution in [0.3, 0.4) is 0 Å². The highest BCUT2D eigenvalue weighted by atomic mass is 32.2. The molecule has 148 valence electrons. The Morgan fingerprint density at radius 2 is 2.07 bits per heavy atom. The molecular formula is C19H27N3O4S. The van der Waals surface area contributed by atoms with E-state index >= 15 is 0 Å². The van der Waals surface area contributed by atoms with E-state index in [-0.39, 0.29) is 5.92 Å². The second kappa shape index (κ2) is 8.31. The van der Waals surface area contributed by atoms with Gasteiger partial charge in [-0.3, -0.25) is 4.68 Å². The van der Waals surface area contributed by atoms with Gasteiger partial charge >= 0.3 is 0 Å². The van der Waals surface area contributed by atoms with Gasteiger partial charge in [0.05, 0.1) is 19.4 Å². The zero-order valence-corrected chi connectivity index (χ0v) is 16.9. The first kappa shape index (κ1) is 19.7. The Hall–Kier alpha value is -2.06. The molecule has 0 unspecified atom stereocenters. The van der Waals surface area contributed by atoms with E-state index in [1.165, 1.54) is 0 Å². The van der Waals surface area contributed by atoms with Gasteiger partial charge in [0.2, 0.25) is 10.0 Å². The molecule has 7 nitrogen and oxygen atoms in total. The summed E-state index contributed by atoms with van der Waals surface area (Å²) in [6, 6.07) is 7.45. The lowest BCUT2D eigenvalue weighted by atomic mass is 10.0. The number of rotatable bonds is 7. The molecule has 1 aromatic carbocycles. The number of ether oxygens (including phenoxy) is 2. The Bertz CT molecular complexity index is 879. The quantitative estimate of drug-likeness (QED) is 0.723. The van der Waals surface area contributed by atoms with Gasteiger partial charge in [0, 0.05) is 37.8 Å². The normalized spacial score (nSPS) is 18.4. The summed E-state index contributed by atoms with van der Waals surface area (Å²) in [7, 11) is -1.92. The smallest absolute Gasteiger partial charge is 0.246 e. The predicted octanol–water partition coefficient (Wildman–Crippen LogP) is 2.70. The van der Waals surface area contributed by atoms with E-state index in [9.17, 15) is 8.42 Å². The molecule has 0 N–H and O–H groups in total. The van der Waals surface area contributed by atoms with Crippen molar-refractivity contribution in [2.45, 2.75) is 38.1 Å². The zero-order valence-electron chi connectivity index (χ0n) is 16.1. The summed E-state index contributed by atoms with van der Waals surface area (Å²) in [5.74, 6) is 1.62. The molecule has 0 saturated carbocycles. The molecule has 1 atom stereocenters. The molecule has 1 aliphatic rings. The van der Waals surface area contributed by atoms with E-state index in [1.807, 2.05) is 31.2 Å². The lowest BCUT2D eigenvalue weighted by molar-refractivity contribution is 0.180. The fraction of sp³-hybridized carbons (Fsp3) is 0.526. The highest BCUT2D eigenvalue weighted by Crippen LogP contribution is 2.26. The molecule has 1 saturated heterocycles. The summed E-state index contributed by atoms with van der Waals surface area (Å²) in [5.41, 5.74) is 0.548. The van der Waals surface area contributed by atoms with Gasteiger partial charge < -0.3 is 9.47 Å². The molecule has 0 amide bonds. The number of benzene rings is 1. The predicted molar refractivity (Wildman–Crippen MR) is 103 cm³/mol. The summed E-state index contributed by atoms with van der Waals surface area (Å²) in [6.45, 7) is 5.81. The summed E-state index contributed by atoms with van der Waals surface area (Å²) in [4.78, 5) is 0.304. The number of aromatic nitrogens is 2. The van der Waals surface area contributed by atoms with Gasteiger partial charge in [-0.1, -0.05) is 6.07 Å². The highest BCUT2D eigenvalue weighted by Gasteiger charge is 2.32. The number of aryl methyl sites for hydroxylation is 2. The molecule has 1 aliphatic heterocycles. The lowest BCUT2D eigenvalue weighted by Crippen LogP contribution is -2.41. The van der Waals surface area contributed by atoms with E-state index in [2.05, 4.69) is 5.10 Å². The molecule has 0 spiro atoms. The maximum absolute atomic E-state index is 13.1. The van der Waals surface area contributed by atoms with Crippen LogP contribution in [0.4, 0.5) is 0 Å². The van der Waals surface area contributed by atoms with Crippen LogP contribution in [0.1, 0.15) is 25.5 Å². The Morgan fingerprint density at radius 1 is 1.30 bits per heavy atom. The molecule has 0 aliphatic carbocycles. The van der Waals surface area contributed by atoms with Gasteiger partial charge in [0.15, 0.2) is 0 Å². The molecule has 2 aromatic rings. The van der Waals surface area contributed by atoms with Crippen LogP contribution in [-0.4, -0.2) is 49.3 Å². The SMILES string of the molecule is CCn1cc(S(=O)(=O)N2CCC[C@@H](COc3cccc(OC)c3)C2)c(C)n1. The van der Waals surface area contributed by atoms with Crippen LogP contribution in [0.2, 0.25) is 0 Å². The molecule has 0 radical (unpaired) electrons. The maximum atomic E-state index is 13.1. The van der Waals surface area contributed by atoms with E-state index < -0.39 is 10.0 Å². The van der Waals surface area contributed by atoms with Crippen LogP contribution in [0.25, 0.3) is 0 Å². The van der Waals surface area contributed by atoms with Crippen molar-refractivity contribution >= 4 is 10.0 Å². The minimum absolute atomic E-state index is 0.154. The number of nitrogens with zero attached hydrogens (tertiary/aromatic N) is 3. The van der Waals surface area contributed by atoms with Gasteiger partial charge in [0.25, 0.3) is 0 Å². The maximum Gasteiger partial charge on any atom is 0.246 e. The number of piperidine rings is 1. The Labute approximate surface area is 160 Å². The van der Waals surface area contributed by atoms with Crippen molar-refractivity contribution in [1.29, 1.82) is 0 Å². The van der Waals surface area contributed by atoms with Crippen molar-refractivity contribution in [3.05, 3.63) is 36.2 Å².